The number of methoxy groups -OCH3 is 1. The number of aliphatic hydroxyl groups excluding tert-OH is 3. The summed E-state index contributed by atoms with van der Waals surface area (Å²) in [5, 5.41) is 28.4. The molecule has 0 aromatic rings. The first-order valence-electron chi connectivity index (χ1n) is 4.68. The Morgan fingerprint density at radius 3 is 2.44 bits per heavy atom. The lowest BCUT2D eigenvalue weighted by Crippen LogP contribution is -2.52. The molecule has 1 rings (SSSR count). The summed E-state index contributed by atoms with van der Waals surface area (Å²) in [6.07, 6.45) is -6.59. The van der Waals surface area contributed by atoms with Gasteiger partial charge in [0.15, 0.2) is 0 Å². The van der Waals surface area contributed by atoms with E-state index in [0.717, 1.165) is 7.11 Å². The second-order valence-corrected chi connectivity index (χ2v) is 3.59. The summed E-state index contributed by atoms with van der Waals surface area (Å²) in [5.74, 6) is -0.849. The van der Waals surface area contributed by atoms with Crippen LogP contribution in [-0.4, -0.2) is 65.0 Å². The van der Waals surface area contributed by atoms with Crippen molar-refractivity contribution in [3.63, 3.8) is 0 Å². The fraction of sp³-hybridized carbons (Fsp3) is 0.778. The molecule has 92 valence electrons. The maximum Gasteiger partial charge on any atom is 0.325 e. The molecule has 5 N–H and O–H groups in total. The number of ether oxygens (including phenoxy) is 2. The molecule has 7 heteroatoms. The molecule has 1 aliphatic rings. The van der Waals surface area contributed by atoms with Gasteiger partial charge in [-0.3, -0.25) is 4.79 Å². The van der Waals surface area contributed by atoms with Crippen LogP contribution in [0, 0.1) is 6.92 Å². The largest absolute Gasteiger partial charge is 0.468 e. The minimum Gasteiger partial charge on any atom is -0.468 e. The van der Waals surface area contributed by atoms with Crippen LogP contribution in [0.4, 0.5) is 0 Å². The summed E-state index contributed by atoms with van der Waals surface area (Å²) >= 11 is 0. The van der Waals surface area contributed by atoms with Crippen LogP contribution in [0.5, 0.6) is 0 Å². The fourth-order valence-electron chi connectivity index (χ4n) is 1.49. The number of rotatable bonds is 3. The molecule has 0 aromatic carbocycles. The molecule has 16 heavy (non-hydrogen) atoms. The minimum absolute atomic E-state index is 0.849. The van der Waals surface area contributed by atoms with Crippen LogP contribution in [0.1, 0.15) is 0 Å². The van der Waals surface area contributed by atoms with Crippen molar-refractivity contribution >= 4 is 5.97 Å². The van der Waals surface area contributed by atoms with Crippen LogP contribution in [0.3, 0.4) is 0 Å². The van der Waals surface area contributed by atoms with Gasteiger partial charge in [0.1, 0.15) is 30.5 Å². The Bertz CT molecular complexity index is 260. The van der Waals surface area contributed by atoms with Crippen molar-refractivity contribution < 1.29 is 29.6 Å². The smallest absolute Gasteiger partial charge is 0.325 e. The fourth-order valence-corrected chi connectivity index (χ4v) is 1.49. The van der Waals surface area contributed by atoms with Crippen molar-refractivity contribution in [1.29, 1.82) is 0 Å². The third kappa shape index (κ3) is 2.33. The van der Waals surface area contributed by atoms with Crippen molar-refractivity contribution in [1.82, 2.24) is 0 Å². The summed E-state index contributed by atoms with van der Waals surface area (Å²) in [5.41, 5.74) is 5.37. The normalized spacial score (nSPS) is 38.1. The van der Waals surface area contributed by atoms with Crippen molar-refractivity contribution in [3.8, 4) is 0 Å². The van der Waals surface area contributed by atoms with E-state index in [0.29, 0.717) is 0 Å². The summed E-state index contributed by atoms with van der Waals surface area (Å²) in [6, 6.07) is -1.37. The summed E-state index contributed by atoms with van der Waals surface area (Å²) in [4.78, 5) is 11.0. The highest BCUT2D eigenvalue weighted by atomic mass is 16.6. The Hall–Kier alpha value is -0.730. The van der Waals surface area contributed by atoms with Crippen molar-refractivity contribution in [2.75, 3.05) is 7.11 Å². The van der Waals surface area contributed by atoms with Crippen LogP contribution < -0.4 is 5.73 Å². The zero-order valence-electron chi connectivity index (χ0n) is 8.69. The second-order valence-electron chi connectivity index (χ2n) is 3.59. The van der Waals surface area contributed by atoms with Gasteiger partial charge in [0.25, 0.3) is 0 Å². The highest BCUT2D eigenvalue weighted by Crippen LogP contribution is 2.24. The number of esters is 1. The quantitative estimate of drug-likeness (QED) is 0.384. The van der Waals surface area contributed by atoms with E-state index in [1.54, 1.807) is 0 Å². The third-order valence-electron chi connectivity index (χ3n) is 2.52. The predicted molar refractivity (Wildman–Crippen MR) is 51.0 cm³/mol. The van der Waals surface area contributed by atoms with E-state index in [1.165, 1.54) is 0 Å². The summed E-state index contributed by atoms with van der Waals surface area (Å²) < 4.78 is 9.23. The maximum absolute atomic E-state index is 11.0. The van der Waals surface area contributed by atoms with Crippen LogP contribution in [0.2, 0.25) is 0 Å². The van der Waals surface area contributed by atoms with Crippen LogP contribution in [0.25, 0.3) is 0 Å². The maximum atomic E-state index is 11.0. The van der Waals surface area contributed by atoms with Gasteiger partial charge in [0.2, 0.25) is 0 Å². The van der Waals surface area contributed by atoms with E-state index in [2.05, 4.69) is 4.74 Å². The Morgan fingerprint density at radius 1 is 1.50 bits per heavy atom. The lowest BCUT2D eigenvalue weighted by Gasteiger charge is -2.24. The van der Waals surface area contributed by atoms with E-state index < -0.39 is 42.5 Å². The Labute approximate surface area is 92.8 Å². The van der Waals surface area contributed by atoms with Gasteiger partial charge >= 0.3 is 5.97 Å². The van der Waals surface area contributed by atoms with Crippen LogP contribution in [-0.2, 0) is 14.3 Å². The molecule has 0 aromatic heterocycles. The lowest BCUT2D eigenvalue weighted by atomic mass is 10.00. The van der Waals surface area contributed by atoms with Gasteiger partial charge in [-0.2, -0.15) is 0 Å². The number of nitrogens with two attached hydrogens (primary N) is 1. The van der Waals surface area contributed by atoms with E-state index in [-0.39, 0.29) is 0 Å². The first kappa shape index (κ1) is 13.3. The molecule has 0 amide bonds. The predicted octanol–water partition coefficient (Wildman–Crippen LogP) is -2.95. The summed E-state index contributed by atoms with van der Waals surface area (Å²) in [7, 11) is 1.11. The van der Waals surface area contributed by atoms with Gasteiger partial charge in [-0.1, -0.05) is 0 Å². The Kier molecular flexibility index (Phi) is 4.22. The van der Waals surface area contributed by atoms with Gasteiger partial charge in [-0.25, -0.2) is 0 Å². The SMILES string of the molecule is [CH][C@@H]1O[C@@H](C(O)C(N)C(=O)OC)[C@H](O)C1O. The van der Waals surface area contributed by atoms with Gasteiger partial charge in [-0.05, 0) is 6.92 Å². The van der Waals surface area contributed by atoms with Gasteiger partial charge in [0.05, 0.1) is 13.2 Å². The molecule has 3 unspecified atom stereocenters. The number of carbonyl (C=O) groups is 1. The molecule has 1 fully saturated rings. The first-order valence-corrected chi connectivity index (χ1v) is 4.68. The number of carbonyl (C=O) groups excluding carboxylic acids is 1. The monoisotopic (exact) mass is 233 g/mol. The molecule has 1 heterocycles. The molecular weight excluding hydrogens is 218 g/mol. The molecule has 0 bridgehead atoms. The highest BCUT2D eigenvalue weighted by molar-refractivity contribution is 5.76. The first-order chi connectivity index (χ1) is 7.40. The number of aliphatic hydroxyl groups is 3. The Morgan fingerprint density at radius 2 is 2.06 bits per heavy atom. The third-order valence-corrected chi connectivity index (χ3v) is 2.52. The highest BCUT2D eigenvalue weighted by Gasteiger charge is 2.46. The van der Waals surface area contributed by atoms with E-state index in [9.17, 15) is 20.1 Å². The molecule has 0 aliphatic carbocycles. The second kappa shape index (κ2) is 5.07. The number of hydrogen-bond acceptors (Lipinski definition) is 7. The molecule has 6 atom stereocenters. The minimum atomic E-state index is -1.51. The van der Waals surface area contributed by atoms with E-state index in [4.69, 9.17) is 17.4 Å². The molecular formula is C9H15NO6. The van der Waals surface area contributed by atoms with Crippen molar-refractivity contribution in [2.45, 2.75) is 36.6 Å². The Balaban J connectivity index is 2.68. The van der Waals surface area contributed by atoms with E-state index >= 15 is 0 Å². The van der Waals surface area contributed by atoms with Crippen LogP contribution in [0.15, 0.2) is 0 Å². The zero-order valence-corrected chi connectivity index (χ0v) is 8.69. The summed E-state index contributed by atoms with van der Waals surface area (Å²) in [6.45, 7) is 5.31. The van der Waals surface area contributed by atoms with Gasteiger partial charge in [0, 0.05) is 0 Å². The van der Waals surface area contributed by atoms with Gasteiger partial charge < -0.3 is 30.5 Å². The zero-order chi connectivity index (χ0) is 12.5. The lowest BCUT2D eigenvalue weighted by molar-refractivity contribution is -0.149. The van der Waals surface area contributed by atoms with Crippen molar-refractivity contribution in [3.05, 3.63) is 6.92 Å². The molecule has 1 saturated heterocycles. The average molecular weight is 233 g/mol. The molecule has 2 radical (unpaired) electrons. The van der Waals surface area contributed by atoms with E-state index in [1.807, 2.05) is 0 Å². The number of hydrogen-bond donors (Lipinski definition) is 4. The molecule has 7 nitrogen and oxygen atoms in total. The molecule has 0 spiro atoms. The van der Waals surface area contributed by atoms with Gasteiger partial charge in [-0.15, -0.1) is 0 Å². The van der Waals surface area contributed by atoms with Crippen molar-refractivity contribution in [2.24, 2.45) is 5.73 Å². The molecule has 1 aliphatic heterocycles. The average Bonchev–Trinajstić information content (AvgIpc) is 2.54. The van der Waals surface area contributed by atoms with Crippen LogP contribution >= 0.6 is 0 Å². The topological polar surface area (TPSA) is 122 Å². The standard InChI is InChI=1S/C9H15NO6/c1-3-5(11)7(13)8(16-3)6(12)4(10)9(14)15-2/h1,3-8,11-13H,10H2,2H3/t3-,4?,5?,6?,7+,8-/m0/s1. The molecule has 0 saturated carbocycles.